The molecule has 1 saturated heterocycles. The highest BCUT2D eigenvalue weighted by atomic mass is 16.5. The van der Waals surface area contributed by atoms with Crippen molar-refractivity contribution >= 4 is 5.97 Å². The number of carbonyl (C=O) groups is 1. The van der Waals surface area contributed by atoms with Gasteiger partial charge in [0.25, 0.3) is 0 Å². The van der Waals surface area contributed by atoms with Gasteiger partial charge in [-0.1, -0.05) is 38.1 Å². The molecule has 28 heavy (non-hydrogen) atoms. The van der Waals surface area contributed by atoms with Gasteiger partial charge < -0.3 is 14.4 Å². The van der Waals surface area contributed by atoms with Crippen molar-refractivity contribution < 1.29 is 14.3 Å². The van der Waals surface area contributed by atoms with Gasteiger partial charge in [0.15, 0.2) is 0 Å². The summed E-state index contributed by atoms with van der Waals surface area (Å²) in [6.45, 7) is 8.42. The summed E-state index contributed by atoms with van der Waals surface area (Å²) >= 11 is 0. The Balaban J connectivity index is 1.62. The first-order valence-electron chi connectivity index (χ1n) is 11.3. The fourth-order valence-corrected chi connectivity index (χ4v) is 4.81. The Morgan fingerprint density at radius 3 is 2.75 bits per heavy atom. The highest BCUT2D eigenvalue weighted by Crippen LogP contribution is 2.38. The van der Waals surface area contributed by atoms with E-state index in [9.17, 15) is 4.79 Å². The molecule has 3 atom stereocenters. The molecule has 4 heteroatoms. The van der Waals surface area contributed by atoms with E-state index in [4.69, 9.17) is 9.47 Å². The summed E-state index contributed by atoms with van der Waals surface area (Å²) in [5.74, 6) is 0.383. The molecule has 156 valence electrons. The molecule has 1 fully saturated rings. The minimum atomic E-state index is -0.0593. The van der Waals surface area contributed by atoms with E-state index < -0.39 is 0 Å². The Hall–Kier alpha value is -1.39. The molecule has 3 unspecified atom stereocenters. The zero-order valence-electron chi connectivity index (χ0n) is 17.7. The zero-order valence-corrected chi connectivity index (χ0v) is 17.7. The molecule has 1 aromatic rings. The van der Waals surface area contributed by atoms with Gasteiger partial charge in [0.05, 0.1) is 12.0 Å². The first-order chi connectivity index (χ1) is 13.7. The number of aryl methyl sites for hydroxylation is 1. The number of nitrogens with zero attached hydrogens (tertiary/aromatic N) is 1. The van der Waals surface area contributed by atoms with Crippen LogP contribution in [0.1, 0.15) is 69.4 Å². The SMILES string of the molecule is CCN(CC)CCOC(=O)C(CC1CCCO1)CC1CCCc2ccccc21. The molecule has 3 rings (SSSR count). The van der Waals surface area contributed by atoms with Crippen molar-refractivity contribution in [2.45, 2.75) is 70.8 Å². The van der Waals surface area contributed by atoms with Crippen molar-refractivity contribution in [2.24, 2.45) is 5.92 Å². The van der Waals surface area contributed by atoms with E-state index in [1.54, 1.807) is 0 Å². The van der Waals surface area contributed by atoms with E-state index >= 15 is 0 Å². The van der Waals surface area contributed by atoms with Crippen LogP contribution in [0.4, 0.5) is 0 Å². The van der Waals surface area contributed by atoms with Gasteiger partial charge in [-0.05, 0) is 75.1 Å². The average molecular weight is 388 g/mol. The van der Waals surface area contributed by atoms with E-state index in [-0.39, 0.29) is 18.0 Å². The van der Waals surface area contributed by atoms with Crippen LogP contribution < -0.4 is 0 Å². The molecular weight excluding hydrogens is 350 g/mol. The van der Waals surface area contributed by atoms with Crippen LogP contribution in [-0.2, 0) is 20.7 Å². The number of carbonyl (C=O) groups excluding carboxylic acids is 1. The van der Waals surface area contributed by atoms with Crippen molar-refractivity contribution in [1.82, 2.24) is 4.90 Å². The minimum absolute atomic E-state index is 0.0225. The van der Waals surface area contributed by atoms with Gasteiger partial charge in [0.1, 0.15) is 6.61 Å². The zero-order chi connectivity index (χ0) is 19.8. The second-order valence-corrected chi connectivity index (χ2v) is 8.29. The van der Waals surface area contributed by atoms with Gasteiger partial charge in [0, 0.05) is 13.2 Å². The van der Waals surface area contributed by atoms with Gasteiger partial charge in [-0.3, -0.25) is 4.79 Å². The largest absolute Gasteiger partial charge is 0.464 e. The number of fused-ring (bicyclic) bond motifs is 1. The molecule has 0 N–H and O–H groups in total. The second kappa shape index (κ2) is 11.0. The Kier molecular flexibility index (Phi) is 8.35. The molecule has 0 saturated carbocycles. The summed E-state index contributed by atoms with van der Waals surface area (Å²) in [7, 11) is 0. The molecule has 1 heterocycles. The molecule has 2 aliphatic rings. The summed E-state index contributed by atoms with van der Waals surface area (Å²) in [6, 6.07) is 8.77. The number of likely N-dealkylation sites (N-methyl/N-ethyl adjacent to an activating group) is 1. The van der Waals surface area contributed by atoms with E-state index in [2.05, 4.69) is 43.0 Å². The van der Waals surface area contributed by atoms with Crippen LogP contribution in [0.3, 0.4) is 0 Å². The minimum Gasteiger partial charge on any atom is -0.464 e. The summed E-state index contributed by atoms with van der Waals surface area (Å²) in [4.78, 5) is 15.3. The summed E-state index contributed by atoms with van der Waals surface area (Å²) in [6.07, 6.45) is 7.66. The Morgan fingerprint density at radius 1 is 1.18 bits per heavy atom. The quantitative estimate of drug-likeness (QED) is 0.552. The van der Waals surface area contributed by atoms with Crippen LogP contribution in [0.25, 0.3) is 0 Å². The highest BCUT2D eigenvalue weighted by molar-refractivity contribution is 5.72. The normalized spacial score (nSPS) is 22.8. The molecule has 0 amide bonds. The van der Waals surface area contributed by atoms with Crippen molar-refractivity contribution in [3.63, 3.8) is 0 Å². The van der Waals surface area contributed by atoms with Crippen LogP contribution in [0.5, 0.6) is 0 Å². The van der Waals surface area contributed by atoms with Gasteiger partial charge in [-0.25, -0.2) is 0 Å². The van der Waals surface area contributed by atoms with E-state index in [0.717, 1.165) is 58.3 Å². The van der Waals surface area contributed by atoms with E-state index in [1.807, 2.05) is 0 Å². The molecular formula is C24H37NO3. The smallest absolute Gasteiger partial charge is 0.309 e. The molecule has 0 aromatic heterocycles. The predicted octanol–water partition coefficient (Wildman–Crippen LogP) is 4.57. The number of hydrogen-bond acceptors (Lipinski definition) is 4. The number of benzene rings is 1. The Morgan fingerprint density at radius 2 is 2.00 bits per heavy atom. The molecule has 0 radical (unpaired) electrons. The number of ether oxygens (including phenoxy) is 2. The van der Waals surface area contributed by atoms with Crippen molar-refractivity contribution in [2.75, 3.05) is 32.8 Å². The Bertz CT molecular complexity index is 608. The van der Waals surface area contributed by atoms with Crippen molar-refractivity contribution in [3.8, 4) is 0 Å². The van der Waals surface area contributed by atoms with Crippen LogP contribution in [0, 0.1) is 5.92 Å². The van der Waals surface area contributed by atoms with Gasteiger partial charge in [-0.2, -0.15) is 0 Å². The molecule has 1 aromatic carbocycles. The Labute approximate surface area is 170 Å². The van der Waals surface area contributed by atoms with Gasteiger partial charge in [-0.15, -0.1) is 0 Å². The lowest BCUT2D eigenvalue weighted by Crippen LogP contribution is -2.31. The first kappa shape index (κ1) is 21.3. The third-order valence-corrected chi connectivity index (χ3v) is 6.51. The first-order valence-corrected chi connectivity index (χ1v) is 11.3. The van der Waals surface area contributed by atoms with Crippen LogP contribution in [-0.4, -0.2) is 49.8 Å². The molecule has 1 aliphatic heterocycles. The number of esters is 1. The third kappa shape index (κ3) is 5.81. The highest BCUT2D eigenvalue weighted by Gasteiger charge is 2.31. The maximum Gasteiger partial charge on any atom is 0.309 e. The fraction of sp³-hybridized carbons (Fsp3) is 0.708. The van der Waals surface area contributed by atoms with Crippen LogP contribution >= 0.6 is 0 Å². The topological polar surface area (TPSA) is 38.8 Å². The van der Waals surface area contributed by atoms with Gasteiger partial charge in [0.2, 0.25) is 0 Å². The molecule has 1 aliphatic carbocycles. The lowest BCUT2D eigenvalue weighted by molar-refractivity contribution is -0.150. The lowest BCUT2D eigenvalue weighted by Gasteiger charge is -2.29. The fourth-order valence-electron chi connectivity index (χ4n) is 4.81. The summed E-state index contributed by atoms with van der Waals surface area (Å²) in [5, 5.41) is 0. The maximum atomic E-state index is 13.0. The van der Waals surface area contributed by atoms with Crippen molar-refractivity contribution in [3.05, 3.63) is 35.4 Å². The summed E-state index contributed by atoms with van der Waals surface area (Å²) < 4.78 is 11.6. The van der Waals surface area contributed by atoms with E-state index in [1.165, 1.54) is 24.0 Å². The predicted molar refractivity (Wildman–Crippen MR) is 113 cm³/mol. The second-order valence-electron chi connectivity index (χ2n) is 8.29. The molecule has 0 spiro atoms. The molecule has 0 bridgehead atoms. The maximum absolute atomic E-state index is 13.0. The van der Waals surface area contributed by atoms with E-state index in [0.29, 0.717) is 12.5 Å². The standard InChI is InChI=1S/C24H37NO3/c1-3-25(4-2)14-16-28-24(26)21(18-22-12-8-15-27-22)17-20-11-7-10-19-9-5-6-13-23(19)20/h5-6,9,13,20-22H,3-4,7-8,10-12,14-18H2,1-2H3. The van der Waals surface area contributed by atoms with Crippen molar-refractivity contribution in [1.29, 1.82) is 0 Å². The van der Waals surface area contributed by atoms with Crippen LogP contribution in [0.15, 0.2) is 24.3 Å². The molecule has 4 nitrogen and oxygen atoms in total. The monoisotopic (exact) mass is 387 g/mol. The summed E-state index contributed by atoms with van der Waals surface area (Å²) in [5.41, 5.74) is 2.91. The van der Waals surface area contributed by atoms with Crippen LogP contribution in [0.2, 0.25) is 0 Å². The average Bonchev–Trinajstić information content (AvgIpc) is 3.24. The number of rotatable bonds is 10. The number of hydrogen-bond donors (Lipinski definition) is 0. The third-order valence-electron chi connectivity index (χ3n) is 6.51. The lowest BCUT2D eigenvalue weighted by atomic mass is 9.77. The van der Waals surface area contributed by atoms with Gasteiger partial charge >= 0.3 is 5.97 Å².